The summed E-state index contributed by atoms with van der Waals surface area (Å²) in [6, 6.07) is 5.09. The average Bonchev–Trinajstić information content (AvgIpc) is 2.61. The van der Waals surface area contributed by atoms with Gasteiger partial charge in [0.25, 0.3) is 5.56 Å². The van der Waals surface area contributed by atoms with Gasteiger partial charge in [-0.05, 0) is 44.4 Å². The molecule has 0 bridgehead atoms. The molecule has 1 saturated heterocycles. The summed E-state index contributed by atoms with van der Waals surface area (Å²) in [6.45, 7) is 3.50. The Morgan fingerprint density at radius 1 is 1.42 bits per heavy atom. The molecule has 0 amide bonds. The van der Waals surface area contributed by atoms with Crippen molar-refractivity contribution in [1.29, 1.82) is 0 Å². The Kier molecular flexibility index (Phi) is 5.60. The van der Waals surface area contributed by atoms with Gasteiger partial charge in [-0.3, -0.25) is 9.78 Å². The first kappa shape index (κ1) is 18.8. The number of nitrogens with two attached hydrogens (primary N) is 2. The van der Waals surface area contributed by atoms with E-state index in [-0.39, 0.29) is 28.4 Å². The second-order valence-corrected chi connectivity index (χ2v) is 7.21. The van der Waals surface area contributed by atoms with Crippen LogP contribution in [0.25, 0.3) is 0 Å². The van der Waals surface area contributed by atoms with Crippen molar-refractivity contribution in [2.45, 2.75) is 25.8 Å². The van der Waals surface area contributed by atoms with Crippen LogP contribution in [0.15, 0.2) is 23.0 Å². The molecule has 9 heteroatoms. The van der Waals surface area contributed by atoms with E-state index in [9.17, 15) is 4.79 Å². The third-order valence-corrected chi connectivity index (χ3v) is 5.41. The van der Waals surface area contributed by atoms with Gasteiger partial charge in [0, 0.05) is 12.6 Å². The number of hydrogen-bond donors (Lipinski definition) is 3. The zero-order chi connectivity index (χ0) is 18.8. The van der Waals surface area contributed by atoms with Gasteiger partial charge in [0.15, 0.2) is 5.82 Å². The van der Waals surface area contributed by atoms with E-state index in [2.05, 4.69) is 16.9 Å². The Balaban J connectivity index is 1.87. The molecule has 0 saturated carbocycles. The zero-order valence-electron chi connectivity index (χ0n) is 14.3. The number of aromatic amines is 1. The fourth-order valence-corrected chi connectivity index (χ4v) is 3.50. The molecule has 2 atom stereocenters. The maximum absolute atomic E-state index is 12.5. The van der Waals surface area contributed by atoms with Crippen LogP contribution in [0.1, 0.15) is 19.8 Å². The van der Waals surface area contributed by atoms with Gasteiger partial charge in [0.05, 0.1) is 5.02 Å². The van der Waals surface area contributed by atoms with Gasteiger partial charge in [-0.1, -0.05) is 29.3 Å². The summed E-state index contributed by atoms with van der Waals surface area (Å²) in [7, 11) is 0. The maximum atomic E-state index is 12.5. The molecule has 2 aromatic rings. The minimum Gasteiger partial charge on any atom is -0.446 e. The summed E-state index contributed by atoms with van der Waals surface area (Å²) < 4.78 is 5.57. The average molecular weight is 398 g/mol. The van der Waals surface area contributed by atoms with Crippen LogP contribution < -0.4 is 26.7 Å². The largest absolute Gasteiger partial charge is 0.446 e. The lowest BCUT2D eigenvalue weighted by molar-refractivity contribution is 0.356. The number of anilines is 2. The van der Waals surface area contributed by atoms with Crippen molar-refractivity contribution in [3.05, 3.63) is 38.6 Å². The molecule has 2 heterocycles. The van der Waals surface area contributed by atoms with Crippen molar-refractivity contribution in [1.82, 2.24) is 9.97 Å². The molecular weight excluding hydrogens is 377 g/mol. The number of nitrogen functional groups attached to an aromatic ring is 1. The van der Waals surface area contributed by atoms with Gasteiger partial charge in [-0.15, -0.1) is 0 Å². The topological polar surface area (TPSA) is 110 Å². The quantitative estimate of drug-likeness (QED) is 0.730. The second-order valence-electron chi connectivity index (χ2n) is 6.43. The van der Waals surface area contributed by atoms with E-state index in [0.29, 0.717) is 23.4 Å². The standard InChI is InChI=1S/C17H21Cl2N5O2/c1-9-7-10(8-20)5-6-24(9)17-22-15(21)14(16(25)23-17)26-12-4-2-3-11(18)13(12)19/h2-4,9-10H,5-8,20H2,1H3,(H3,21,22,23,25). The molecule has 2 unspecified atom stereocenters. The van der Waals surface area contributed by atoms with E-state index in [4.69, 9.17) is 39.4 Å². The summed E-state index contributed by atoms with van der Waals surface area (Å²) >= 11 is 12.1. The number of H-pyrrole nitrogens is 1. The number of benzene rings is 1. The number of hydrogen-bond acceptors (Lipinski definition) is 6. The Morgan fingerprint density at radius 2 is 2.19 bits per heavy atom. The van der Waals surface area contributed by atoms with E-state index in [1.807, 2.05) is 4.90 Å². The van der Waals surface area contributed by atoms with Crippen molar-refractivity contribution in [2.24, 2.45) is 11.7 Å². The van der Waals surface area contributed by atoms with Crippen LogP contribution >= 0.6 is 23.2 Å². The smallest absolute Gasteiger partial charge is 0.297 e. The lowest BCUT2D eigenvalue weighted by Crippen LogP contribution is -2.44. The van der Waals surface area contributed by atoms with Crippen LogP contribution in [0.2, 0.25) is 10.0 Å². The Morgan fingerprint density at radius 3 is 2.85 bits per heavy atom. The van der Waals surface area contributed by atoms with Crippen LogP contribution in [0.4, 0.5) is 11.8 Å². The lowest BCUT2D eigenvalue weighted by atomic mass is 9.92. The van der Waals surface area contributed by atoms with E-state index in [1.54, 1.807) is 18.2 Å². The predicted octanol–water partition coefficient (Wildman–Crippen LogP) is 3.01. The van der Waals surface area contributed by atoms with Crippen LogP contribution in [0.3, 0.4) is 0 Å². The summed E-state index contributed by atoms with van der Waals surface area (Å²) in [5.74, 6) is 1.04. The fourth-order valence-electron chi connectivity index (χ4n) is 3.17. The Labute approximate surface area is 161 Å². The Hall–Kier alpha value is -1.96. The highest BCUT2D eigenvalue weighted by atomic mass is 35.5. The van der Waals surface area contributed by atoms with Crippen LogP contribution in [0, 0.1) is 5.92 Å². The van der Waals surface area contributed by atoms with Crippen molar-refractivity contribution < 1.29 is 4.74 Å². The van der Waals surface area contributed by atoms with Gasteiger partial charge in [-0.2, -0.15) is 4.98 Å². The third-order valence-electron chi connectivity index (χ3n) is 4.61. The highest BCUT2D eigenvalue weighted by Crippen LogP contribution is 2.35. The molecule has 0 aliphatic carbocycles. The second kappa shape index (κ2) is 7.73. The normalized spacial score (nSPS) is 20.2. The minimum absolute atomic E-state index is 0.00654. The van der Waals surface area contributed by atoms with Gasteiger partial charge in [0.2, 0.25) is 11.7 Å². The number of aromatic nitrogens is 2. The molecule has 1 fully saturated rings. The zero-order valence-corrected chi connectivity index (χ0v) is 15.8. The van der Waals surface area contributed by atoms with Crippen molar-refractivity contribution in [3.63, 3.8) is 0 Å². The van der Waals surface area contributed by atoms with Crippen LogP contribution in [0.5, 0.6) is 11.5 Å². The summed E-state index contributed by atoms with van der Waals surface area (Å²) in [5, 5.41) is 0.523. The van der Waals surface area contributed by atoms with E-state index < -0.39 is 5.56 Å². The molecule has 7 nitrogen and oxygen atoms in total. The van der Waals surface area contributed by atoms with Gasteiger partial charge >= 0.3 is 0 Å². The van der Waals surface area contributed by atoms with Crippen LogP contribution in [-0.4, -0.2) is 29.1 Å². The Bertz CT molecular complexity index is 858. The van der Waals surface area contributed by atoms with E-state index in [1.165, 1.54) is 0 Å². The SMILES string of the molecule is CC1CC(CN)CCN1c1nc(N)c(Oc2cccc(Cl)c2Cl)c(=O)[nH]1. The number of piperidine rings is 1. The van der Waals surface area contributed by atoms with Gasteiger partial charge in [-0.25, -0.2) is 0 Å². The highest BCUT2D eigenvalue weighted by molar-refractivity contribution is 6.42. The first-order valence-electron chi connectivity index (χ1n) is 8.39. The van der Waals surface area contributed by atoms with Crippen molar-refractivity contribution in [3.8, 4) is 11.5 Å². The molecule has 0 spiro atoms. The van der Waals surface area contributed by atoms with Crippen LogP contribution in [-0.2, 0) is 0 Å². The van der Waals surface area contributed by atoms with E-state index >= 15 is 0 Å². The maximum Gasteiger partial charge on any atom is 0.297 e. The molecular formula is C17H21Cl2N5O2. The molecule has 26 heavy (non-hydrogen) atoms. The number of halogens is 2. The van der Waals surface area contributed by atoms with Gasteiger partial charge in [0.1, 0.15) is 10.8 Å². The first-order chi connectivity index (χ1) is 12.4. The molecule has 3 rings (SSSR count). The van der Waals surface area contributed by atoms with Gasteiger partial charge < -0.3 is 21.1 Å². The molecule has 1 aliphatic heterocycles. The molecule has 1 aliphatic rings. The summed E-state index contributed by atoms with van der Waals surface area (Å²) in [5.41, 5.74) is 11.3. The minimum atomic E-state index is -0.475. The molecule has 1 aromatic heterocycles. The van der Waals surface area contributed by atoms with Crippen molar-refractivity contribution in [2.75, 3.05) is 23.7 Å². The molecule has 0 radical (unpaired) electrons. The summed E-state index contributed by atoms with van der Waals surface area (Å²) in [4.78, 5) is 21.6. The third kappa shape index (κ3) is 3.75. The summed E-state index contributed by atoms with van der Waals surface area (Å²) in [6.07, 6.45) is 1.89. The van der Waals surface area contributed by atoms with Crippen molar-refractivity contribution >= 4 is 35.0 Å². The number of nitrogens with zero attached hydrogens (tertiary/aromatic N) is 2. The molecule has 5 N–H and O–H groups in total. The monoisotopic (exact) mass is 397 g/mol. The molecule has 1 aromatic carbocycles. The highest BCUT2D eigenvalue weighted by Gasteiger charge is 2.27. The number of rotatable bonds is 4. The predicted molar refractivity (Wildman–Crippen MR) is 104 cm³/mol. The molecule has 140 valence electrons. The van der Waals surface area contributed by atoms with E-state index in [0.717, 1.165) is 19.4 Å². The number of nitrogens with one attached hydrogen (secondary N) is 1. The first-order valence-corrected chi connectivity index (χ1v) is 9.14. The lowest BCUT2D eigenvalue weighted by Gasteiger charge is -2.37. The number of ether oxygens (including phenoxy) is 1. The fraction of sp³-hybridized carbons (Fsp3) is 0.412.